The SMILES string of the molecule is C=CCOC[C@@H](O)CN(CCCOC)Cc1cccn1C. The summed E-state index contributed by atoms with van der Waals surface area (Å²) in [7, 11) is 3.74. The first-order valence-electron chi connectivity index (χ1n) is 7.35. The minimum absolute atomic E-state index is 0.333. The van der Waals surface area contributed by atoms with Crippen molar-refractivity contribution in [2.24, 2.45) is 7.05 Å². The van der Waals surface area contributed by atoms with Crippen LogP contribution in [0.25, 0.3) is 0 Å². The van der Waals surface area contributed by atoms with Gasteiger partial charge in [0.1, 0.15) is 0 Å². The third kappa shape index (κ3) is 7.43. The molecule has 0 spiro atoms. The van der Waals surface area contributed by atoms with Gasteiger partial charge in [-0.2, -0.15) is 0 Å². The lowest BCUT2D eigenvalue weighted by atomic mass is 10.2. The van der Waals surface area contributed by atoms with Crippen molar-refractivity contribution in [1.29, 1.82) is 0 Å². The normalized spacial score (nSPS) is 12.8. The summed E-state index contributed by atoms with van der Waals surface area (Å²) in [6, 6.07) is 4.14. The van der Waals surface area contributed by atoms with E-state index >= 15 is 0 Å². The summed E-state index contributed by atoms with van der Waals surface area (Å²) >= 11 is 0. The number of ether oxygens (including phenoxy) is 2. The zero-order chi connectivity index (χ0) is 15.5. The molecule has 1 heterocycles. The van der Waals surface area contributed by atoms with E-state index in [-0.39, 0.29) is 0 Å². The Hall–Kier alpha value is -1.14. The van der Waals surface area contributed by atoms with E-state index in [4.69, 9.17) is 9.47 Å². The highest BCUT2D eigenvalue weighted by molar-refractivity contribution is 5.06. The van der Waals surface area contributed by atoms with Crippen LogP contribution in [0.2, 0.25) is 0 Å². The van der Waals surface area contributed by atoms with Crippen LogP contribution in [-0.4, -0.2) is 60.7 Å². The van der Waals surface area contributed by atoms with E-state index in [1.165, 1.54) is 5.69 Å². The Kier molecular flexibility index (Phi) is 9.01. The van der Waals surface area contributed by atoms with E-state index in [1.54, 1.807) is 13.2 Å². The summed E-state index contributed by atoms with van der Waals surface area (Å²) in [6.07, 6.45) is 4.17. The van der Waals surface area contributed by atoms with Crippen LogP contribution < -0.4 is 0 Å². The Bertz CT molecular complexity index is 393. The highest BCUT2D eigenvalue weighted by Crippen LogP contribution is 2.07. The Labute approximate surface area is 127 Å². The maximum atomic E-state index is 10.1. The summed E-state index contributed by atoms with van der Waals surface area (Å²) in [5.74, 6) is 0. The molecule has 0 radical (unpaired) electrons. The van der Waals surface area contributed by atoms with Crippen LogP contribution in [0.1, 0.15) is 12.1 Å². The average Bonchev–Trinajstić information content (AvgIpc) is 2.85. The van der Waals surface area contributed by atoms with Gasteiger partial charge >= 0.3 is 0 Å². The Morgan fingerprint density at radius 3 is 2.95 bits per heavy atom. The van der Waals surface area contributed by atoms with Gasteiger partial charge in [-0.1, -0.05) is 6.08 Å². The highest BCUT2D eigenvalue weighted by Gasteiger charge is 2.13. The van der Waals surface area contributed by atoms with Crippen molar-refractivity contribution in [1.82, 2.24) is 9.47 Å². The van der Waals surface area contributed by atoms with E-state index in [1.807, 2.05) is 19.3 Å². The molecule has 0 saturated carbocycles. The first kappa shape index (κ1) is 17.9. The highest BCUT2D eigenvalue weighted by atomic mass is 16.5. The van der Waals surface area contributed by atoms with Crippen molar-refractivity contribution in [3.8, 4) is 0 Å². The molecular weight excluding hydrogens is 268 g/mol. The molecule has 0 aliphatic carbocycles. The second-order valence-electron chi connectivity index (χ2n) is 5.17. The number of hydrogen-bond donors (Lipinski definition) is 1. The predicted octanol–water partition coefficient (Wildman–Crippen LogP) is 1.43. The Morgan fingerprint density at radius 2 is 2.33 bits per heavy atom. The fraction of sp³-hybridized carbons (Fsp3) is 0.625. The van der Waals surface area contributed by atoms with Gasteiger partial charge in [0.05, 0.1) is 19.3 Å². The molecule has 120 valence electrons. The molecule has 0 saturated heterocycles. The number of aliphatic hydroxyl groups excluding tert-OH is 1. The van der Waals surface area contributed by atoms with Crippen LogP contribution >= 0.6 is 0 Å². The number of aryl methyl sites for hydroxylation is 1. The van der Waals surface area contributed by atoms with Crippen molar-refractivity contribution in [2.75, 3.05) is 40.0 Å². The smallest absolute Gasteiger partial charge is 0.0900 e. The summed E-state index contributed by atoms with van der Waals surface area (Å²) in [4.78, 5) is 2.23. The largest absolute Gasteiger partial charge is 0.389 e. The first-order chi connectivity index (χ1) is 10.2. The monoisotopic (exact) mass is 296 g/mol. The first-order valence-corrected chi connectivity index (χ1v) is 7.35. The lowest BCUT2D eigenvalue weighted by Gasteiger charge is -2.25. The van der Waals surface area contributed by atoms with E-state index in [9.17, 15) is 5.11 Å². The molecule has 0 amide bonds. The third-order valence-electron chi connectivity index (χ3n) is 3.27. The quantitative estimate of drug-likeness (QED) is 0.468. The van der Waals surface area contributed by atoms with Gasteiger partial charge in [0.25, 0.3) is 0 Å². The summed E-state index contributed by atoms with van der Waals surface area (Å²) in [6.45, 7) is 7.41. The molecule has 21 heavy (non-hydrogen) atoms. The van der Waals surface area contributed by atoms with Gasteiger partial charge in [0.15, 0.2) is 0 Å². The summed E-state index contributed by atoms with van der Waals surface area (Å²) in [5.41, 5.74) is 1.23. The predicted molar refractivity (Wildman–Crippen MR) is 84.2 cm³/mol. The van der Waals surface area contributed by atoms with Gasteiger partial charge in [-0.3, -0.25) is 4.90 Å². The number of aliphatic hydroxyl groups is 1. The molecule has 0 bridgehead atoms. The van der Waals surface area contributed by atoms with Crippen LogP contribution in [0.5, 0.6) is 0 Å². The molecule has 0 aliphatic rings. The van der Waals surface area contributed by atoms with Crippen molar-refractivity contribution in [2.45, 2.75) is 19.1 Å². The maximum Gasteiger partial charge on any atom is 0.0900 e. The van der Waals surface area contributed by atoms with Crippen LogP contribution in [0.15, 0.2) is 31.0 Å². The van der Waals surface area contributed by atoms with Gasteiger partial charge < -0.3 is 19.1 Å². The van der Waals surface area contributed by atoms with Crippen LogP contribution in [0.4, 0.5) is 0 Å². The van der Waals surface area contributed by atoms with Crippen LogP contribution in [0.3, 0.4) is 0 Å². The number of rotatable bonds is 12. The van der Waals surface area contributed by atoms with Crippen molar-refractivity contribution >= 4 is 0 Å². The number of aromatic nitrogens is 1. The fourth-order valence-electron chi connectivity index (χ4n) is 2.20. The molecule has 0 aliphatic heterocycles. The van der Waals surface area contributed by atoms with Crippen LogP contribution in [-0.2, 0) is 23.1 Å². The van der Waals surface area contributed by atoms with E-state index < -0.39 is 6.10 Å². The molecule has 5 heteroatoms. The number of methoxy groups -OCH3 is 1. The Balaban J connectivity index is 2.47. The van der Waals surface area contributed by atoms with Gasteiger partial charge in [-0.25, -0.2) is 0 Å². The molecule has 5 nitrogen and oxygen atoms in total. The van der Waals surface area contributed by atoms with Crippen molar-refractivity contribution < 1.29 is 14.6 Å². The van der Waals surface area contributed by atoms with E-state index in [0.29, 0.717) is 19.8 Å². The fourth-order valence-corrected chi connectivity index (χ4v) is 2.20. The van der Waals surface area contributed by atoms with E-state index in [2.05, 4.69) is 22.1 Å². The standard InChI is InChI=1S/C16H28N2O3/c1-4-10-21-14-16(19)13-18(9-6-11-20-3)12-15-7-5-8-17(15)2/h4-5,7-8,16,19H,1,6,9-14H2,2-3H3/t16-/m0/s1. The number of hydrogen-bond acceptors (Lipinski definition) is 4. The van der Waals surface area contributed by atoms with Crippen molar-refractivity contribution in [3.05, 3.63) is 36.7 Å². The van der Waals surface area contributed by atoms with Crippen LogP contribution in [0, 0.1) is 0 Å². The molecule has 1 rings (SSSR count). The minimum Gasteiger partial charge on any atom is -0.389 e. The lowest BCUT2D eigenvalue weighted by molar-refractivity contribution is 0.0226. The van der Waals surface area contributed by atoms with Gasteiger partial charge in [0, 0.05) is 52.3 Å². The number of nitrogens with zero attached hydrogens (tertiary/aromatic N) is 2. The van der Waals surface area contributed by atoms with Gasteiger partial charge in [0.2, 0.25) is 0 Å². The summed E-state index contributed by atoms with van der Waals surface area (Å²) in [5, 5.41) is 10.1. The topological polar surface area (TPSA) is 46.9 Å². The molecule has 0 aromatic carbocycles. The maximum absolute atomic E-state index is 10.1. The molecule has 1 aromatic heterocycles. The molecule has 0 fully saturated rings. The molecule has 1 N–H and O–H groups in total. The molecule has 1 aromatic rings. The Morgan fingerprint density at radius 1 is 1.52 bits per heavy atom. The molecule has 1 atom stereocenters. The zero-order valence-corrected chi connectivity index (χ0v) is 13.2. The summed E-state index contributed by atoms with van der Waals surface area (Å²) < 4.78 is 12.5. The molecular formula is C16H28N2O3. The second kappa shape index (κ2) is 10.6. The van der Waals surface area contributed by atoms with Gasteiger partial charge in [-0.05, 0) is 18.6 Å². The second-order valence-corrected chi connectivity index (χ2v) is 5.17. The van der Waals surface area contributed by atoms with Crippen molar-refractivity contribution in [3.63, 3.8) is 0 Å². The lowest BCUT2D eigenvalue weighted by Crippen LogP contribution is -2.36. The minimum atomic E-state index is -0.493. The average molecular weight is 296 g/mol. The third-order valence-corrected chi connectivity index (χ3v) is 3.27. The van der Waals surface area contributed by atoms with E-state index in [0.717, 1.165) is 26.1 Å². The molecule has 0 unspecified atom stereocenters. The zero-order valence-electron chi connectivity index (χ0n) is 13.2. The van der Waals surface area contributed by atoms with Gasteiger partial charge in [-0.15, -0.1) is 6.58 Å².